The Morgan fingerprint density at radius 1 is 1.31 bits per heavy atom. The Hall–Kier alpha value is -1.71. The van der Waals surface area contributed by atoms with Crippen LogP contribution < -0.4 is 10.4 Å². The molecule has 0 atom stereocenters. The highest BCUT2D eigenvalue weighted by atomic mass is 16.4. The SMILES string of the molecule is CNC(=O)[O-].Oc1ccc2c(c1)CCCC2. The number of aryl methyl sites for hydroxylation is 2. The summed E-state index contributed by atoms with van der Waals surface area (Å²) in [6.45, 7) is 0. The number of aromatic hydroxyl groups is 1. The van der Waals surface area contributed by atoms with Gasteiger partial charge in [-0.05, 0) is 48.9 Å². The van der Waals surface area contributed by atoms with Crippen LogP contribution in [0.1, 0.15) is 24.0 Å². The van der Waals surface area contributed by atoms with E-state index in [1.165, 1.54) is 37.4 Å². The van der Waals surface area contributed by atoms with Crippen molar-refractivity contribution in [2.24, 2.45) is 0 Å². The molecule has 1 aliphatic carbocycles. The predicted molar refractivity (Wildman–Crippen MR) is 59.2 cm³/mol. The Labute approximate surface area is 94.9 Å². The third kappa shape index (κ3) is 3.81. The highest BCUT2D eigenvalue weighted by Gasteiger charge is 2.08. The molecule has 0 fully saturated rings. The first-order chi connectivity index (χ1) is 7.63. The summed E-state index contributed by atoms with van der Waals surface area (Å²) in [5, 5.41) is 20.2. The standard InChI is InChI=1S/C10H12O.C2H5NO2/c11-10-6-5-8-3-1-2-4-9(8)7-10;1-3-2(4)5/h5-7,11H,1-4H2;3H,1H3,(H,4,5)/p-1. The van der Waals surface area contributed by atoms with Crippen LogP contribution in [0.15, 0.2) is 18.2 Å². The molecule has 1 aromatic carbocycles. The Balaban J connectivity index is 0.000000221. The van der Waals surface area contributed by atoms with Gasteiger partial charge in [0.05, 0.1) is 0 Å². The second-order valence-electron chi connectivity index (χ2n) is 3.70. The van der Waals surface area contributed by atoms with E-state index in [0.717, 1.165) is 6.42 Å². The summed E-state index contributed by atoms with van der Waals surface area (Å²) in [4.78, 5) is 9.15. The number of phenolic OH excluding ortho intramolecular Hbond substituents is 1. The number of carbonyl (C=O) groups is 1. The van der Waals surface area contributed by atoms with Crippen LogP contribution in [0.3, 0.4) is 0 Å². The van der Waals surface area contributed by atoms with Crippen LogP contribution >= 0.6 is 0 Å². The zero-order chi connectivity index (χ0) is 12.0. The summed E-state index contributed by atoms with van der Waals surface area (Å²) in [6, 6.07) is 5.72. The summed E-state index contributed by atoms with van der Waals surface area (Å²) in [6.07, 6.45) is 3.66. The van der Waals surface area contributed by atoms with E-state index >= 15 is 0 Å². The molecule has 4 heteroatoms. The van der Waals surface area contributed by atoms with E-state index in [9.17, 15) is 5.11 Å². The molecule has 1 amide bonds. The molecule has 2 rings (SSSR count). The molecule has 0 saturated carbocycles. The van der Waals surface area contributed by atoms with Gasteiger partial charge in [0, 0.05) is 7.05 Å². The summed E-state index contributed by atoms with van der Waals surface area (Å²) in [5.41, 5.74) is 2.77. The predicted octanol–water partition coefficient (Wildman–Crippen LogP) is 0.820. The minimum atomic E-state index is -1.25. The van der Waals surface area contributed by atoms with Gasteiger partial charge < -0.3 is 20.3 Å². The molecule has 2 N–H and O–H groups in total. The van der Waals surface area contributed by atoms with Crippen molar-refractivity contribution in [3.63, 3.8) is 0 Å². The Kier molecular flexibility index (Phi) is 4.64. The molecule has 0 radical (unpaired) electrons. The molecule has 0 heterocycles. The average Bonchev–Trinajstić information content (AvgIpc) is 2.29. The van der Waals surface area contributed by atoms with E-state index in [1.807, 2.05) is 17.4 Å². The lowest BCUT2D eigenvalue weighted by molar-refractivity contribution is -0.250. The fraction of sp³-hybridized carbons (Fsp3) is 0.417. The maximum absolute atomic E-state index is 9.19. The van der Waals surface area contributed by atoms with Crippen molar-refractivity contribution >= 4 is 6.09 Å². The van der Waals surface area contributed by atoms with Gasteiger partial charge in [0.1, 0.15) is 11.8 Å². The van der Waals surface area contributed by atoms with E-state index < -0.39 is 6.09 Å². The van der Waals surface area contributed by atoms with Gasteiger partial charge in [-0.15, -0.1) is 0 Å². The van der Waals surface area contributed by atoms with Gasteiger partial charge in [-0.25, -0.2) is 0 Å². The van der Waals surface area contributed by atoms with E-state index in [1.54, 1.807) is 6.07 Å². The van der Waals surface area contributed by atoms with Crippen molar-refractivity contribution < 1.29 is 15.0 Å². The summed E-state index contributed by atoms with van der Waals surface area (Å²) in [7, 11) is 1.29. The average molecular weight is 222 g/mol. The number of fused-ring (bicyclic) bond motifs is 1. The van der Waals surface area contributed by atoms with Crippen molar-refractivity contribution in [2.45, 2.75) is 25.7 Å². The summed E-state index contributed by atoms with van der Waals surface area (Å²) >= 11 is 0. The first kappa shape index (κ1) is 12.4. The third-order valence-electron chi connectivity index (χ3n) is 2.54. The van der Waals surface area contributed by atoms with Crippen molar-refractivity contribution in [3.8, 4) is 5.75 Å². The minimum Gasteiger partial charge on any atom is -0.530 e. The Morgan fingerprint density at radius 3 is 2.44 bits per heavy atom. The molecule has 0 saturated heterocycles. The van der Waals surface area contributed by atoms with Crippen molar-refractivity contribution in [1.29, 1.82) is 0 Å². The van der Waals surface area contributed by atoms with E-state index in [2.05, 4.69) is 0 Å². The number of rotatable bonds is 0. The molecule has 1 aliphatic rings. The number of carboxylic acid groups (broad SMARTS) is 1. The van der Waals surface area contributed by atoms with Crippen LogP contribution in [-0.4, -0.2) is 18.2 Å². The van der Waals surface area contributed by atoms with Crippen molar-refractivity contribution in [1.82, 2.24) is 5.32 Å². The number of hydrogen-bond acceptors (Lipinski definition) is 3. The molecule has 0 unspecified atom stereocenters. The molecule has 0 spiro atoms. The Morgan fingerprint density at radius 2 is 1.88 bits per heavy atom. The van der Waals surface area contributed by atoms with Gasteiger partial charge in [0.2, 0.25) is 0 Å². The highest BCUT2D eigenvalue weighted by Crippen LogP contribution is 2.24. The van der Waals surface area contributed by atoms with Crippen LogP contribution in [0.25, 0.3) is 0 Å². The fourth-order valence-electron chi connectivity index (χ4n) is 1.72. The fourth-order valence-corrected chi connectivity index (χ4v) is 1.72. The highest BCUT2D eigenvalue weighted by molar-refractivity contribution is 5.61. The molecule has 16 heavy (non-hydrogen) atoms. The topological polar surface area (TPSA) is 72.4 Å². The second-order valence-corrected chi connectivity index (χ2v) is 3.70. The third-order valence-corrected chi connectivity index (χ3v) is 2.54. The maximum atomic E-state index is 9.19. The molecule has 4 nitrogen and oxygen atoms in total. The lowest BCUT2D eigenvalue weighted by Crippen LogP contribution is -2.33. The zero-order valence-electron chi connectivity index (χ0n) is 9.32. The van der Waals surface area contributed by atoms with Crippen LogP contribution in [0, 0.1) is 0 Å². The monoisotopic (exact) mass is 222 g/mol. The molecule has 0 bridgehead atoms. The second kappa shape index (κ2) is 6.00. The van der Waals surface area contributed by atoms with Gasteiger partial charge in [-0.3, -0.25) is 0 Å². The van der Waals surface area contributed by atoms with Crippen molar-refractivity contribution in [3.05, 3.63) is 29.3 Å². The van der Waals surface area contributed by atoms with Gasteiger partial charge in [-0.2, -0.15) is 0 Å². The Bertz CT molecular complexity index is 363. The molecule has 88 valence electrons. The largest absolute Gasteiger partial charge is 0.530 e. The molecular weight excluding hydrogens is 206 g/mol. The van der Waals surface area contributed by atoms with Gasteiger partial charge in [0.25, 0.3) is 0 Å². The van der Waals surface area contributed by atoms with E-state index in [0.29, 0.717) is 5.75 Å². The summed E-state index contributed by atoms with van der Waals surface area (Å²) in [5.74, 6) is 0.408. The number of nitrogens with one attached hydrogen (secondary N) is 1. The van der Waals surface area contributed by atoms with E-state index in [4.69, 9.17) is 9.90 Å². The van der Waals surface area contributed by atoms with Crippen LogP contribution in [0.4, 0.5) is 4.79 Å². The number of amides is 1. The lowest BCUT2D eigenvalue weighted by atomic mass is 9.92. The van der Waals surface area contributed by atoms with Crippen LogP contribution in [0.2, 0.25) is 0 Å². The number of carbonyl (C=O) groups excluding carboxylic acids is 1. The zero-order valence-corrected chi connectivity index (χ0v) is 9.32. The molecular formula is C12H16NO3-. The number of benzene rings is 1. The smallest absolute Gasteiger partial charge is 0.133 e. The first-order valence-electron chi connectivity index (χ1n) is 5.33. The molecule has 1 aromatic rings. The quantitative estimate of drug-likeness (QED) is 0.682. The van der Waals surface area contributed by atoms with E-state index in [-0.39, 0.29) is 0 Å². The van der Waals surface area contributed by atoms with Gasteiger partial charge in [0.15, 0.2) is 0 Å². The van der Waals surface area contributed by atoms with Crippen LogP contribution in [0.5, 0.6) is 5.75 Å². The minimum absolute atomic E-state index is 0.408. The molecule has 0 aliphatic heterocycles. The number of phenols is 1. The maximum Gasteiger partial charge on any atom is 0.133 e. The lowest BCUT2D eigenvalue weighted by Gasteiger charge is -2.14. The number of hydrogen-bond donors (Lipinski definition) is 2. The summed E-state index contributed by atoms with van der Waals surface area (Å²) < 4.78 is 0. The first-order valence-corrected chi connectivity index (χ1v) is 5.33. The van der Waals surface area contributed by atoms with Gasteiger partial charge >= 0.3 is 0 Å². The van der Waals surface area contributed by atoms with Crippen LogP contribution in [-0.2, 0) is 12.8 Å². The van der Waals surface area contributed by atoms with Gasteiger partial charge in [-0.1, -0.05) is 6.07 Å². The van der Waals surface area contributed by atoms with Crippen molar-refractivity contribution in [2.75, 3.05) is 7.05 Å². The normalized spacial score (nSPS) is 13.1. The molecule has 0 aromatic heterocycles.